The molecule has 0 aliphatic carbocycles. The van der Waals surface area contributed by atoms with Crippen LogP contribution in [0, 0.1) is 6.92 Å². The molecule has 0 aliphatic rings. The Morgan fingerprint density at radius 1 is 0.967 bits per heavy atom. The number of rotatable bonds is 5. The molecular formula is C24H18ClNO4. The van der Waals surface area contributed by atoms with E-state index in [0.29, 0.717) is 38.6 Å². The number of carbonyl (C=O) groups is 2. The second kappa shape index (κ2) is 8.05. The van der Waals surface area contributed by atoms with Gasteiger partial charge in [0.2, 0.25) is 5.78 Å². The molecule has 0 atom stereocenters. The largest absolute Gasteiger partial charge is 0.495 e. The van der Waals surface area contributed by atoms with E-state index in [-0.39, 0.29) is 11.7 Å². The maximum atomic E-state index is 13.2. The molecule has 0 aliphatic heterocycles. The third kappa shape index (κ3) is 3.67. The van der Waals surface area contributed by atoms with Crippen LogP contribution >= 0.6 is 11.6 Å². The van der Waals surface area contributed by atoms with Crippen molar-refractivity contribution in [2.45, 2.75) is 6.92 Å². The van der Waals surface area contributed by atoms with Crippen LogP contribution in [-0.2, 0) is 0 Å². The fraction of sp³-hybridized carbons (Fsp3) is 0.0833. The van der Waals surface area contributed by atoms with Crippen LogP contribution in [0.25, 0.3) is 11.0 Å². The van der Waals surface area contributed by atoms with Gasteiger partial charge in [-0.05, 0) is 49.4 Å². The number of nitrogens with one attached hydrogen (secondary N) is 1. The number of methoxy groups -OCH3 is 1. The van der Waals surface area contributed by atoms with Crippen molar-refractivity contribution in [3.05, 3.63) is 94.2 Å². The van der Waals surface area contributed by atoms with Crippen molar-refractivity contribution >= 4 is 39.9 Å². The Morgan fingerprint density at radius 3 is 2.50 bits per heavy atom. The lowest BCUT2D eigenvalue weighted by Crippen LogP contribution is -2.14. The molecule has 0 bridgehead atoms. The number of furan rings is 1. The molecular weight excluding hydrogens is 402 g/mol. The average molecular weight is 420 g/mol. The Kier molecular flexibility index (Phi) is 5.29. The fourth-order valence-corrected chi connectivity index (χ4v) is 3.50. The zero-order valence-corrected chi connectivity index (χ0v) is 17.1. The Labute approximate surface area is 178 Å². The number of para-hydroxylation sites is 1. The second-order valence-corrected chi connectivity index (χ2v) is 7.21. The zero-order valence-electron chi connectivity index (χ0n) is 16.4. The van der Waals surface area contributed by atoms with Crippen LogP contribution in [0.3, 0.4) is 0 Å². The molecule has 0 radical (unpaired) electrons. The van der Waals surface area contributed by atoms with E-state index in [1.165, 1.54) is 13.2 Å². The molecule has 0 saturated heterocycles. The van der Waals surface area contributed by atoms with Crippen molar-refractivity contribution in [2.75, 3.05) is 12.4 Å². The molecule has 6 heteroatoms. The van der Waals surface area contributed by atoms with Crippen molar-refractivity contribution in [3.8, 4) is 5.75 Å². The summed E-state index contributed by atoms with van der Waals surface area (Å²) < 4.78 is 11.0. The van der Waals surface area contributed by atoms with Crippen LogP contribution < -0.4 is 10.1 Å². The van der Waals surface area contributed by atoms with Crippen LogP contribution in [0.15, 0.2) is 71.1 Å². The minimum Gasteiger partial charge on any atom is -0.495 e. The standard InChI is InChI=1S/C24H18ClNO4/c1-14-6-5-7-16(12-14)24(28)26-21-17-8-3-4-9-19(17)30-23(21)22(27)15-10-11-20(29-2)18(25)13-15/h3-13H,1-2H3,(H,26,28). The van der Waals surface area contributed by atoms with Gasteiger partial charge in [-0.25, -0.2) is 0 Å². The number of anilines is 1. The third-order valence-corrected chi connectivity index (χ3v) is 5.03. The molecule has 1 N–H and O–H groups in total. The quantitative estimate of drug-likeness (QED) is 0.410. The molecule has 4 rings (SSSR count). The maximum absolute atomic E-state index is 13.2. The topological polar surface area (TPSA) is 68.5 Å². The van der Waals surface area contributed by atoms with Crippen molar-refractivity contribution in [1.29, 1.82) is 0 Å². The Morgan fingerprint density at radius 2 is 1.77 bits per heavy atom. The number of carbonyl (C=O) groups excluding carboxylic acids is 2. The fourth-order valence-electron chi connectivity index (χ4n) is 3.24. The Hall–Kier alpha value is -3.57. The number of halogens is 1. The summed E-state index contributed by atoms with van der Waals surface area (Å²) in [5, 5.41) is 3.80. The summed E-state index contributed by atoms with van der Waals surface area (Å²) in [6.07, 6.45) is 0. The highest BCUT2D eigenvalue weighted by molar-refractivity contribution is 6.32. The molecule has 1 aromatic heterocycles. The van der Waals surface area contributed by atoms with Gasteiger partial charge >= 0.3 is 0 Å². The number of hydrogen-bond donors (Lipinski definition) is 1. The van der Waals surface area contributed by atoms with Gasteiger partial charge in [0.25, 0.3) is 5.91 Å². The second-order valence-electron chi connectivity index (χ2n) is 6.80. The number of benzene rings is 3. The molecule has 150 valence electrons. The molecule has 5 nitrogen and oxygen atoms in total. The summed E-state index contributed by atoms with van der Waals surface area (Å²) in [7, 11) is 1.50. The van der Waals surface area contributed by atoms with Crippen LogP contribution in [0.2, 0.25) is 5.02 Å². The zero-order chi connectivity index (χ0) is 21.3. The third-order valence-electron chi connectivity index (χ3n) is 4.73. The summed E-state index contributed by atoms with van der Waals surface area (Å²) in [5.74, 6) is -0.216. The highest BCUT2D eigenvalue weighted by atomic mass is 35.5. The molecule has 4 aromatic rings. The Balaban J connectivity index is 1.78. The van der Waals surface area contributed by atoms with E-state index in [2.05, 4.69) is 5.32 Å². The van der Waals surface area contributed by atoms with Crippen LogP contribution in [0.4, 0.5) is 5.69 Å². The smallest absolute Gasteiger partial charge is 0.255 e. The van der Waals surface area contributed by atoms with Crippen molar-refractivity contribution in [2.24, 2.45) is 0 Å². The first-order valence-electron chi connectivity index (χ1n) is 9.25. The number of amides is 1. The van der Waals surface area contributed by atoms with Gasteiger partial charge in [0, 0.05) is 16.5 Å². The van der Waals surface area contributed by atoms with Gasteiger partial charge in [0.05, 0.1) is 17.8 Å². The van der Waals surface area contributed by atoms with Crippen molar-refractivity contribution in [1.82, 2.24) is 0 Å². The van der Waals surface area contributed by atoms with Gasteiger partial charge < -0.3 is 14.5 Å². The summed E-state index contributed by atoms with van der Waals surface area (Å²) >= 11 is 6.18. The summed E-state index contributed by atoms with van der Waals surface area (Å²) in [6.45, 7) is 1.91. The van der Waals surface area contributed by atoms with Gasteiger partial charge in [-0.3, -0.25) is 9.59 Å². The molecule has 0 unspecified atom stereocenters. The van der Waals surface area contributed by atoms with Gasteiger partial charge in [-0.1, -0.05) is 41.4 Å². The molecule has 0 saturated carbocycles. The summed E-state index contributed by atoms with van der Waals surface area (Å²) in [4.78, 5) is 26.1. The lowest BCUT2D eigenvalue weighted by atomic mass is 10.1. The number of aryl methyl sites for hydroxylation is 1. The average Bonchev–Trinajstić information content (AvgIpc) is 3.11. The molecule has 1 amide bonds. The van der Waals surface area contributed by atoms with E-state index in [1.54, 1.807) is 42.5 Å². The van der Waals surface area contributed by atoms with E-state index in [0.717, 1.165) is 5.56 Å². The molecule has 0 spiro atoms. The SMILES string of the molecule is COc1ccc(C(=O)c2oc3ccccc3c2NC(=O)c2cccc(C)c2)cc1Cl. The number of hydrogen-bond acceptors (Lipinski definition) is 4. The predicted octanol–water partition coefficient (Wildman–Crippen LogP) is 5.89. The monoisotopic (exact) mass is 419 g/mol. The minimum atomic E-state index is -0.393. The van der Waals surface area contributed by atoms with Gasteiger partial charge in [-0.2, -0.15) is 0 Å². The molecule has 3 aromatic carbocycles. The van der Waals surface area contributed by atoms with E-state index in [4.69, 9.17) is 20.8 Å². The van der Waals surface area contributed by atoms with Gasteiger partial charge in [0.15, 0.2) is 5.76 Å². The van der Waals surface area contributed by atoms with Crippen LogP contribution in [0.1, 0.15) is 32.0 Å². The van der Waals surface area contributed by atoms with Crippen LogP contribution in [-0.4, -0.2) is 18.8 Å². The van der Waals surface area contributed by atoms with Crippen molar-refractivity contribution < 1.29 is 18.7 Å². The number of fused-ring (bicyclic) bond motifs is 1. The van der Waals surface area contributed by atoms with E-state index < -0.39 is 5.78 Å². The van der Waals surface area contributed by atoms with E-state index >= 15 is 0 Å². The number of ether oxygens (including phenoxy) is 1. The first kappa shape index (κ1) is 19.7. The first-order valence-corrected chi connectivity index (χ1v) is 9.63. The highest BCUT2D eigenvalue weighted by Crippen LogP contribution is 2.34. The predicted molar refractivity (Wildman–Crippen MR) is 117 cm³/mol. The first-order chi connectivity index (χ1) is 14.5. The normalized spacial score (nSPS) is 10.8. The van der Waals surface area contributed by atoms with Gasteiger partial charge in [0.1, 0.15) is 11.3 Å². The highest BCUT2D eigenvalue weighted by Gasteiger charge is 2.24. The van der Waals surface area contributed by atoms with Crippen molar-refractivity contribution in [3.63, 3.8) is 0 Å². The minimum absolute atomic E-state index is 0.0402. The lowest BCUT2D eigenvalue weighted by Gasteiger charge is -2.08. The van der Waals surface area contributed by atoms with E-state index in [9.17, 15) is 9.59 Å². The lowest BCUT2D eigenvalue weighted by molar-refractivity contribution is 0.101. The maximum Gasteiger partial charge on any atom is 0.255 e. The summed E-state index contributed by atoms with van der Waals surface area (Å²) in [5.41, 5.74) is 2.61. The molecule has 30 heavy (non-hydrogen) atoms. The Bertz CT molecular complexity index is 1280. The molecule has 1 heterocycles. The van der Waals surface area contributed by atoms with E-state index in [1.807, 2.05) is 25.1 Å². The van der Waals surface area contributed by atoms with Gasteiger partial charge in [-0.15, -0.1) is 0 Å². The number of ketones is 1. The van der Waals surface area contributed by atoms with Crippen LogP contribution in [0.5, 0.6) is 5.75 Å². The molecule has 0 fully saturated rings. The summed E-state index contributed by atoms with van der Waals surface area (Å²) in [6, 6.07) is 19.1.